The molecule has 27 heavy (non-hydrogen) atoms. The molecule has 0 unspecified atom stereocenters. The number of amides is 1. The highest BCUT2D eigenvalue weighted by atomic mass is 35.5. The lowest BCUT2D eigenvalue weighted by Crippen LogP contribution is -2.19. The van der Waals surface area contributed by atoms with Gasteiger partial charge in [-0.15, -0.1) is 21.5 Å². The number of hydrogen-bond acceptors (Lipinski definition) is 6. The van der Waals surface area contributed by atoms with Gasteiger partial charge < -0.3 is 5.32 Å². The Morgan fingerprint density at radius 2 is 2.19 bits per heavy atom. The van der Waals surface area contributed by atoms with Crippen LogP contribution in [0.25, 0.3) is 16.0 Å². The van der Waals surface area contributed by atoms with E-state index in [1.165, 1.54) is 45.9 Å². The van der Waals surface area contributed by atoms with Crippen molar-refractivity contribution in [3.05, 3.63) is 50.8 Å². The maximum atomic E-state index is 13.2. The molecular formula is C16H11ClFN5O2S2. The predicted octanol–water partition coefficient (Wildman–Crippen LogP) is 3.17. The fraction of sp³-hybridized carbons (Fsp3) is 0.125. The molecular weight excluding hydrogens is 413 g/mol. The Bertz CT molecular complexity index is 1250. The summed E-state index contributed by atoms with van der Waals surface area (Å²) in [5.74, 6) is -0.390. The number of nitrogens with one attached hydrogen (secondary N) is 1. The van der Waals surface area contributed by atoms with E-state index in [4.69, 9.17) is 11.6 Å². The highest BCUT2D eigenvalue weighted by Crippen LogP contribution is 2.24. The van der Waals surface area contributed by atoms with E-state index in [0.717, 1.165) is 0 Å². The van der Waals surface area contributed by atoms with Crippen LogP contribution in [0.1, 0.15) is 0 Å². The third kappa shape index (κ3) is 3.20. The lowest BCUT2D eigenvalue weighted by Gasteiger charge is -2.06. The molecule has 7 nitrogen and oxygen atoms in total. The zero-order valence-electron chi connectivity index (χ0n) is 13.8. The summed E-state index contributed by atoms with van der Waals surface area (Å²) in [6.07, 6.45) is 0. The lowest BCUT2D eigenvalue weighted by atomic mass is 10.3. The van der Waals surface area contributed by atoms with Crippen molar-refractivity contribution in [2.75, 3.05) is 11.1 Å². The number of thioether (sulfide) groups is 1. The fourth-order valence-electron chi connectivity index (χ4n) is 2.57. The van der Waals surface area contributed by atoms with Crippen LogP contribution in [0.5, 0.6) is 0 Å². The highest BCUT2D eigenvalue weighted by molar-refractivity contribution is 7.99. The molecule has 0 aliphatic carbocycles. The Labute approximate surface area is 164 Å². The van der Waals surface area contributed by atoms with Crippen LogP contribution in [-0.2, 0) is 11.8 Å². The van der Waals surface area contributed by atoms with Crippen molar-refractivity contribution in [1.82, 2.24) is 19.2 Å². The van der Waals surface area contributed by atoms with Gasteiger partial charge in [-0.05, 0) is 29.6 Å². The predicted molar refractivity (Wildman–Crippen MR) is 104 cm³/mol. The maximum Gasteiger partial charge on any atom is 0.272 e. The van der Waals surface area contributed by atoms with Gasteiger partial charge in [0.15, 0.2) is 5.16 Å². The van der Waals surface area contributed by atoms with Crippen molar-refractivity contribution in [2.45, 2.75) is 5.16 Å². The molecule has 0 fully saturated rings. The molecule has 0 atom stereocenters. The highest BCUT2D eigenvalue weighted by Gasteiger charge is 2.17. The first-order valence-corrected chi connectivity index (χ1v) is 9.89. The molecule has 4 aromatic rings. The summed E-state index contributed by atoms with van der Waals surface area (Å²) in [7, 11) is 1.63. The number of carbonyl (C=O) groups excluding carboxylic acids is 1. The number of fused-ring (bicyclic) bond motifs is 3. The standard InChI is InChI=1S/C16H11ClFN5O2S2/c1-22-14(25)13-11(4-5-26-13)23-15(22)20-21-16(23)27-7-12(24)19-8-2-3-10(18)9(17)6-8/h2-6H,7H2,1H3,(H,19,24). The van der Waals surface area contributed by atoms with Crippen LogP contribution in [0.3, 0.4) is 0 Å². The summed E-state index contributed by atoms with van der Waals surface area (Å²) in [5, 5.41) is 13.1. The summed E-state index contributed by atoms with van der Waals surface area (Å²) in [5.41, 5.74) is 0.972. The third-order valence-electron chi connectivity index (χ3n) is 3.84. The number of benzene rings is 1. The van der Waals surface area contributed by atoms with Crippen LogP contribution in [0, 0.1) is 5.82 Å². The average molecular weight is 424 g/mol. The van der Waals surface area contributed by atoms with E-state index in [9.17, 15) is 14.0 Å². The number of aryl methyl sites for hydroxylation is 1. The summed E-state index contributed by atoms with van der Waals surface area (Å²) >= 11 is 8.24. The quantitative estimate of drug-likeness (QED) is 0.510. The van der Waals surface area contributed by atoms with Crippen LogP contribution in [0.15, 0.2) is 39.6 Å². The molecule has 0 aliphatic heterocycles. The van der Waals surface area contributed by atoms with Crippen LogP contribution in [-0.4, -0.2) is 30.8 Å². The Hall–Kier alpha value is -2.43. The molecule has 1 aromatic carbocycles. The minimum Gasteiger partial charge on any atom is -0.325 e. The monoisotopic (exact) mass is 423 g/mol. The number of halogens is 2. The van der Waals surface area contributed by atoms with Crippen molar-refractivity contribution in [3.63, 3.8) is 0 Å². The van der Waals surface area contributed by atoms with E-state index in [2.05, 4.69) is 15.5 Å². The zero-order valence-corrected chi connectivity index (χ0v) is 16.2. The number of carbonyl (C=O) groups is 1. The molecule has 3 aromatic heterocycles. The first-order chi connectivity index (χ1) is 13.0. The normalized spacial score (nSPS) is 11.4. The maximum absolute atomic E-state index is 13.2. The first-order valence-electron chi connectivity index (χ1n) is 7.64. The smallest absolute Gasteiger partial charge is 0.272 e. The number of nitrogens with zero attached hydrogens (tertiary/aromatic N) is 4. The molecule has 3 heterocycles. The van der Waals surface area contributed by atoms with Gasteiger partial charge in [0.1, 0.15) is 10.5 Å². The average Bonchev–Trinajstić information content (AvgIpc) is 3.27. The molecule has 0 saturated carbocycles. The molecule has 1 N–H and O–H groups in total. The summed E-state index contributed by atoms with van der Waals surface area (Å²) in [6.45, 7) is 0. The Kier molecular flexibility index (Phi) is 4.62. The molecule has 1 amide bonds. The summed E-state index contributed by atoms with van der Waals surface area (Å²) in [6, 6.07) is 5.78. The van der Waals surface area contributed by atoms with Crippen LogP contribution >= 0.6 is 34.7 Å². The van der Waals surface area contributed by atoms with Gasteiger partial charge in [-0.25, -0.2) is 4.39 Å². The van der Waals surface area contributed by atoms with E-state index in [0.29, 0.717) is 26.8 Å². The molecule has 0 spiro atoms. The largest absolute Gasteiger partial charge is 0.325 e. The molecule has 0 saturated heterocycles. The number of aromatic nitrogens is 4. The summed E-state index contributed by atoms with van der Waals surface area (Å²) in [4.78, 5) is 24.5. The van der Waals surface area contributed by atoms with Crippen molar-refractivity contribution in [3.8, 4) is 0 Å². The van der Waals surface area contributed by atoms with Crippen molar-refractivity contribution >= 4 is 62.3 Å². The van der Waals surface area contributed by atoms with Crippen molar-refractivity contribution < 1.29 is 9.18 Å². The topological polar surface area (TPSA) is 81.3 Å². The van der Waals surface area contributed by atoms with E-state index in [1.54, 1.807) is 11.4 Å². The van der Waals surface area contributed by atoms with Crippen LogP contribution < -0.4 is 10.9 Å². The summed E-state index contributed by atoms with van der Waals surface area (Å²) < 4.78 is 17.0. The number of anilines is 1. The fourth-order valence-corrected chi connectivity index (χ4v) is 4.34. The van der Waals surface area contributed by atoms with E-state index < -0.39 is 5.82 Å². The second-order valence-corrected chi connectivity index (χ2v) is 7.85. The zero-order chi connectivity index (χ0) is 19.1. The molecule has 0 radical (unpaired) electrons. The van der Waals surface area contributed by atoms with Gasteiger partial charge in [0.25, 0.3) is 5.56 Å². The van der Waals surface area contributed by atoms with Crippen molar-refractivity contribution in [2.24, 2.45) is 7.05 Å². The van der Waals surface area contributed by atoms with Crippen molar-refractivity contribution in [1.29, 1.82) is 0 Å². The molecule has 4 rings (SSSR count). The van der Waals surface area contributed by atoms with E-state index in [1.807, 2.05) is 11.4 Å². The first kappa shape index (κ1) is 18.0. The SMILES string of the molecule is Cn1c(=O)c2sccc2n2c(SCC(=O)Nc3ccc(F)c(Cl)c3)nnc12. The minimum atomic E-state index is -0.552. The number of rotatable bonds is 4. The molecule has 0 aliphatic rings. The molecule has 0 bridgehead atoms. The van der Waals surface area contributed by atoms with Crippen LogP contribution in [0.4, 0.5) is 10.1 Å². The minimum absolute atomic E-state index is 0.0598. The van der Waals surface area contributed by atoms with Gasteiger partial charge in [-0.1, -0.05) is 23.4 Å². The Balaban J connectivity index is 1.58. The van der Waals surface area contributed by atoms with Gasteiger partial charge in [0.2, 0.25) is 11.7 Å². The number of hydrogen-bond donors (Lipinski definition) is 1. The van der Waals surface area contributed by atoms with Gasteiger partial charge in [0.05, 0.1) is 16.3 Å². The van der Waals surface area contributed by atoms with E-state index >= 15 is 0 Å². The van der Waals surface area contributed by atoms with Gasteiger partial charge in [0, 0.05) is 12.7 Å². The molecule has 11 heteroatoms. The van der Waals surface area contributed by atoms with Gasteiger partial charge in [-0.3, -0.25) is 18.6 Å². The van der Waals surface area contributed by atoms with Crippen LogP contribution in [0.2, 0.25) is 5.02 Å². The second-order valence-electron chi connectivity index (χ2n) is 5.58. The second kappa shape index (κ2) is 6.95. The van der Waals surface area contributed by atoms with E-state index in [-0.39, 0.29) is 22.2 Å². The van der Waals surface area contributed by atoms with Gasteiger partial charge in [-0.2, -0.15) is 0 Å². The Morgan fingerprint density at radius 1 is 1.37 bits per heavy atom. The number of thiophene rings is 1. The lowest BCUT2D eigenvalue weighted by molar-refractivity contribution is -0.113. The Morgan fingerprint density at radius 3 is 2.96 bits per heavy atom. The third-order valence-corrected chi connectivity index (χ3v) is 5.95. The molecule has 138 valence electrons. The van der Waals surface area contributed by atoms with Gasteiger partial charge >= 0.3 is 0 Å².